The molecule has 43 heavy (non-hydrogen) atoms. The highest BCUT2D eigenvalue weighted by Gasteiger charge is 2.14. The van der Waals surface area contributed by atoms with Gasteiger partial charge < -0.3 is 0 Å². The van der Waals surface area contributed by atoms with E-state index in [-0.39, 0.29) is 0 Å². The summed E-state index contributed by atoms with van der Waals surface area (Å²) in [7, 11) is 0. The summed E-state index contributed by atoms with van der Waals surface area (Å²) in [5.41, 5.74) is 4.25. The second-order valence-corrected chi connectivity index (χ2v) is 14.4. The molecule has 0 unspecified atom stereocenters. The van der Waals surface area contributed by atoms with Crippen LogP contribution in [0.2, 0.25) is 0 Å². The number of hydrogen-bond donors (Lipinski definition) is 0. The highest BCUT2D eigenvalue weighted by Crippen LogP contribution is 2.36. The van der Waals surface area contributed by atoms with E-state index in [0.717, 1.165) is 50.1 Å². The van der Waals surface area contributed by atoms with Gasteiger partial charge in [-0.1, -0.05) is 12.1 Å². The molecule has 0 spiro atoms. The molecular formula is C34H20N4S5. The third-order valence-corrected chi connectivity index (χ3v) is 11.5. The molecule has 0 aliphatic carbocycles. The van der Waals surface area contributed by atoms with Gasteiger partial charge in [-0.05, 0) is 96.4 Å². The fourth-order valence-electron chi connectivity index (χ4n) is 4.11. The molecule has 0 fully saturated rings. The first-order valence-corrected chi connectivity index (χ1v) is 17.0. The highest BCUT2D eigenvalue weighted by atomic mass is 32.1. The molecule has 5 aromatic rings. The Morgan fingerprint density at radius 2 is 1.05 bits per heavy atom. The molecule has 5 heterocycles. The Morgan fingerprint density at radius 1 is 0.535 bits per heavy atom. The van der Waals surface area contributed by atoms with Gasteiger partial charge in [-0.3, -0.25) is 0 Å². The normalized spacial score (nSPS) is 12.4. The van der Waals surface area contributed by atoms with Gasteiger partial charge in [0.2, 0.25) is 0 Å². The largest absolute Gasteiger partial charge is 0.192 e. The zero-order valence-corrected chi connectivity index (χ0v) is 27.0. The standard InChI is InChI=1S/C34H20N4S5/c1-21-12-34(42-31(21)15-25(19-37)29-6-4-10-40-29)24(18-36)14-28-7-8-30(41-28)26(20-38)16-32-22(2)11-33(43-32)23(17-35)13-27-5-3-9-39-27/h3-16H,1-2H3/b23-13-,24-14+,25-15+,26-16+. The van der Waals surface area contributed by atoms with Crippen LogP contribution in [0.4, 0.5) is 0 Å². The summed E-state index contributed by atoms with van der Waals surface area (Å²) in [6.07, 6.45) is 7.48. The second-order valence-electron chi connectivity index (χ2n) is 9.19. The number of allylic oxidation sites excluding steroid dienone is 4. The zero-order chi connectivity index (χ0) is 30.3. The number of thiophene rings is 5. The van der Waals surface area contributed by atoms with Crippen molar-refractivity contribution < 1.29 is 0 Å². The predicted molar refractivity (Wildman–Crippen MR) is 185 cm³/mol. The minimum Gasteiger partial charge on any atom is -0.192 e. The summed E-state index contributed by atoms with van der Waals surface area (Å²) in [5, 5.41) is 43.3. The quantitative estimate of drug-likeness (QED) is 0.157. The summed E-state index contributed by atoms with van der Waals surface area (Å²) < 4.78 is 0. The van der Waals surface area contributed by atoms with Crippen LogP contribution in [0.15, 0.2) is 59.3 Å². The van der Waals surface area contributed by atoms with Crippen molar-refractivity contribution in [1.29, 1.82) is 21.0 Å². The van der Waals surface area contributed by atoms with E-state index in [2.05, 4.69) is 24.3 Å². The van der Waals surface area contributed by atoms with E-state index < -0.39 is 0 Å². The maximum absolute atomic E-state index is 10.0. The summed E-state index contributed by atoms with van der Waals surface area (Å²) >= 11 is 7.52. The van der Waals surface area contributed by atoms with Gasteiger partial charge in [-0.25, -0.2) is 0 Å². The zero-order valence-electron chi connectivity index (χ0n) is 22.9. The van der Waals surface area contributed by atoms with Crippen LogP contribution < -0.4 is 0 Å². The SMILES string of the molecule is Cc1cc(/C(C#N)=C\c2cccs2)sc1/C=C(\C#N)c1ccc(/C=C(\C#N)c2cc(C)c(/C=C(\C#N)c3cccs3)s2)s1. The third kappa shape index (κ3) is 6.91. The second kappa shape index (κ2) is 13.6. The van der Waals surface area contributed by atoms with Crippen LogP contribution in [0.25, 0.3) is 46.6 Å². The molecular weight excluding hydrogens is 625 g/mol. The van der Waals surface area contributed by atoms with Gasteiger partial charge in [0.25, 0.3) is 0 Å². The molecule has 0 atom stereocenters. The van der Waals surface area contributed by atoms with Gasteiger partial charge in [-0.2, -0.15) is 21.0 Å². The number of nitriles is 4. The highest BCUT2D eigenvalue weighted by molar-refractivity contribution is 7.16. The third-order valence-electron chi connectivity index (χ3n) is 6.27. The van der Waals surface area contributed by atoms with E-state index in [0.29, 0.717) is 22.3 Å². The van der Waals surface area contributed by atoms with Gasteiger partial charge in [0.05, 0.1) is 22.3 Å². The summed E-state index contributed by atoms with van der Waals surface area (Å²) in [5.74, 6) is 0. The summed E-state index contributed by atoms with van der Waals surface area (Å²) in [4.78, 5) is 7.15. The van der Waals surface area contributed by atoms with Crippen LogP contribution in [0.3, 0.4) is 0 Å². The molecule has 4 nitrogen and oxygen atoms in total. The van der Waals surface area contributed by atoms with E-state index in [4.69, 9.17) is 0 Å². The Kier molecular flexibility index (Phi) is 9.45. The van der Waals surface area contributed by atoms with Gasteiger partial charge in [0.15, 0.2) is 0 Å². The van der Waals surface area contributed by atoms with Crippen molar-refractivity contribution in [2.75, 3.05) is 0 Å². The number of nitrogens with zero attached hydrogens (tertiary/aromatic N) is 4. The molecule has 0 saturated heterocycles. The summed E-state index contributed by atoms with van der Waals surface area (Å²) in [6.45, 7) is 3.96. The van der Waals surface area contributed by atoms with Crippen LogP contribution >= 0.6 is 56.7 Å². The van der Waals surface area contributed by atoms with Gasteiger partial charge in [0, 0.05) is 39.0 Å². The average Bonchev–Trinajstić information content (AvgIpc) is 3.85. The van der Waals surface area contributed by atoms with Crippen molar-refractivity contribution >= 4 is 103 Å². The molecule has 9 heteroatoms. The molecule has 0 saturated carbocycles. The van der Waals surface area contributed by atoms with E-state index in [9.17, 15) is 21.0 Å². The smallest absolute Gasteiger partial charge is 0.101 e. The Labute approximate surface area is 270 Å². The number of rotatable bonds is 8. The molecule has 0 aliphatic rings. The molecule has 0 bridgehead atoms. The lowest BCUT2D eigenvalue weighted by Crippen LogP contribution is -1.76. The van der Waals surface area contributed by atoms with Crippen molar-refractivity contribution in [3.63, 3.8) is 0 Å². The number of aryl methyl sites for hydroxylation is 2. The van der Waals surface area contributed by atoms with Crippen LogP contribution in [0, 0.1) is 59.2 Å². The maximum Gasteiger partial charge on any atom is 0.101 e. The Bertz CT molecular complexity index is 2080. The van der Waals surface area contributed by atoms with E-state index in [1.54, 1.807) is 11.3 Å². The lowest BCUT2D eigenvalue weighted by Gasteiger charge is -1.96. The van der Waals surface area contributed by atoms with Crippen LogP contribution in [-0.2, 0) is 0 Å². The lowest BCUT2D eigenvalue weighted by atomic mass is 10.1. The van der Waals surface area contributed by atoms with Gasteiger partial charge in [0.1, 0.15) is 24.3 Å². The summed E-state index contributed by atoms with van der Waals surface area (Å²) in [6, 6.07) is 24.8. The first kappa shape index (κ1) is 29.9. The van der Waals surface area contributed by atoms with Crippen LogP contribution in [0.5, 0.6) is 0 Å². The maximum atomic E-state index is 10.0. The molecule has 5 aromatic heterocycles. The minimum absolute atomic E-state index is 0.525. The first-order valence-electron chi connectivity index (χ1n) is 12.8. The Hall–Kier alpha value is -4.58. The monoisotopic (exact) mass is 644 g/mol. The van der Waals surface area contributed by atoms with Crippen molar-refractivity contribution in [2.45, 2.75) is 13.8 Å². The number of hydrogen-bond acceptors (Lipinski definition) is 9. The average molecular weight is 645 g/mol. The first-order chi connectivity index (χ1) is 20.9. The van der Waals surface area contributed by atoms with E-state index in [1.165, 1.54) is 45.3 Å². The van der Waals surface area contributed by atoms with E-state index >= 15 is 0 Å². The van der Waals surface area contributed by atoms with Crippen molar-refractivity contribution in [2.24, 2.45) is 0 Å². The van der Waals surface area contributed by atoms with Crippen molar-refractivity contribution in [3.8, 4) is 24.3 Å². The molecule has 0 radical (unpaired) electrons. The van der Waals surface area contributed by atoms with E-state index in [1.807, 2.05) is 97.4 Å². The minimum atomic E-state index is 0.525. The van der Waals surface area contributed by atoms with Gasteiger partial charge in [-0.15, -0.1) is 56.7 Å². The van der Waals surface area contributed by atoms with Crippen LogP contribution in [0.1, 0.15) is 50.1 Å². The molecule has 0 aromatic carbocycles. The van der Waals surface area contributed by atoms with Crippen molar-refractivity contribution in [1.82, 2.24) is 0 Å². The van der Waals surface area contributed by atoms with Gasteiger partial charge >= 0.3 is 0 Å². The Balaban J connectivity index is 1.41. The molecule has 0 aliphatic heterocycles. The predicted octanol–water partition coefficient (Wildman–Crippen LogP) is 10.9. The molecule has 5 rings (SSSR count). The lowest BCUT2D eigenvalue weighted by molar-refractivity contribution is 1.51. The van der Waals surface area contributed by atoms with Crippen LogP contribution in [-0.4, -0.2) is 0 Å². The fourth-order valence-corrected chi connectivity index (χ4v) is 8.54. The van der Waals surface area contributed by atoms with Crippen molar-refractivity contribution in [3.05, 3.63) is 109 Å². The fraction of sp³-hybridized carbons (Fsp3) is 0.0588. The Morgan fingerprint density at radius 3 is 1.56 bits per heavy atom. The molecule has 0 amide bonds. The molecule has 206 valence electrons. The molecule has 0 N–H and O–H groups in total. The topological polar surface area (TPSA) is 95.2 Å².